The summed E-state index contributed by atoms with van der Waals surface area (Å²) in [6.45, 7) is 0. The fourth-order valence-corrected chi connectivity index (χ4v) is 0.792. The maximum atomic E-state index is 10.6. The van der Waals surface area contributed by atoms with Crippen LogP contribution in [-0.4, -0.2) is 15.0 Å². The molecule has 0 spiro atoms. The van der Waals surface area contributed by atoms with E-state index in [2.05, 4.69) is 19.4 Å². The molecule has 0 saturated heterocycles. The standard InChI is InChI=1S/C5H4N4O2/c6-3-2-4(8-1-7-3)11-5(10)9-2/h1H,(H,9,10)(H2,6,7,8). The number of aromatic amines is 1. The maximum absolute atomic E-state index is 10.6. The molecule has 2 aromatic rings. The van der Waals surface area contributed by atoms with Gasteiger partial charge in [0.1, 0.15) is 6.33 Å². The number of rotatable bonds is 0. The molecule has 6 heteroatoms. The van der Waals surface area contributed by atoms with E-state index >= 15 is 0 Å². The molecule has 0 atom stereocenters. The zero-order valence-electron chi connectivity index (χ0n) is 5.37. The van der Waals surface area contributed by atoms with Crippen LogP contribution in [0.4, 0.5) is 5.82 Å². The molecule has 0 saturated carbocycles. The zero-order valence-corrected chi connectivity index (χ0v) is 5.37. The van der Waals surface area contributed by atoms with Crippen LogP contribution in [0.25, 0.3) is 11.2 Å². The number of hydrogen-bond donors (Lipinski definition) is 2. The van der Waals surface area contributed by atoms with Crippen molar-refractivity contribution in [3.63, 3.8) is 0 Å². The van der Waals surface area contributed by atoms with Gasteiger partial charge in [-0.2, -0.15) is 4.98 Å². The van der Waals surface area contributed by atoms with E-state index in [1.165, 1.54) is 6.33 Å². The Hall–Kier alpha value is -1.85. The van der Waals surface area contributed by atoms with Crippen LogP contribution in [0.5, 0.6) is 0 Å². The predicted molar refractivity (Wildman–Crippen MR) is 36.8 cm³/mol. The van der Waals surface area contributed by atoms with Crippen molar-refractivity contribution >= 4 is 17.0 Å². The normalized spacial score (nSPS) is 10.5. The van der Waals surface area contributed by atoms with E-state index in [0.717, 1.165) is 0 Å². The number of nitrogens with zero attached hydrogens (tertiary/aromatic N) is 2. The molecule has 6 nitrogen and oxygen atoms in total. The summed E-state index contributed by atoms with van der Waals surface area (Å²) in [6, 6.07) is 0. The fourth-order valence-electron chi connectivity index (χ4n) is 0.792. The monoisotopic (exact) mass is 152 g/mol. The number of fused-ring (bicyclic) bond motifs is 1. The average Bonchev–Trinajstić information content (AvgIpc) is 2.31. The minimum Gasteiger partial charge on any atom is -0.388 e. The highest BCUT2D eigenvalue weighted by molar-refractivity contribution is 5.78. The Bertz CT molecular complexity index is 443. The van der Waals surface area contributed by atoms with Crippen molar-refractivity contribution in [1.82, 2.24) is 15.0 Å². The summed E-state index contributed by atoms with van der Waals surface area (Å²) < 4.78 is 4.61. The first kappa shape index (κ1) is 5.90. The van der Waals surface area contributed by atoms with Gasteiger partial charge in [-0.05, 0) is 0 Å². The number of nitrogens with one attached hydrogen (secondary N) is 1. The summed E-state index contributed by atoms with van der Waals surface area (Å²) in [6.07, 6.45) is 1.23. The Labute approximate surface area is 60.1 Å². The molecule has 0 aromatic carbocycles. The Morgan fingerprint density at radius 2 is 2.36 bits per heavy atom. The van der Waals surface area contributed by atoms with Gasteiger partial charge in [-0.25, -0.2) is 9.78 Å². The lowest BCUT2D eigenvalue weighted by atomic mass is 10.5. The molecule has 0 unspecified atom stereocenters. The molecule has 2 rings (SSSR count). The minimum absolute atomic E-state index is 0.183. The van der Waals surface area contributed by atoms with Gasteiger partial charge in [-0.1, -0.05) is 0 Å². The predicted octanol–water partition coefficient (Wildman–Crippen LogP) is -0.507. The summed E-state index contributed by atoms with van der Waals surface area (Å²) in [5, 5.41) is 0. The summed E-state index contributed by atoms with van der Waals surface area (Å²) in [4.78, 5) is 20.3. The highest BCUT2D eigenvalue weighted by Crippen LogP contribution is 2.09. The van der Waals surface area contributed by atoms with Crippen molar-refractivity contribution in [2.45, 2.75) is 0 Å². The summed E-state index contributed by atoms with van der Waals surface area (Å²) in [5.74, 6) is -0.368. The molecule has 11 heavy (non-hydrogen) atoms. The van der Waals surface area contributed by atoms with Crippen LogP contribution in [0.2, 0.25) is 0 Å². The molecule has 56 valence electrons. The van der Waals surface area contributed by atoms with Gasteiger partial charge in [0.25, 0.3) is 5.71 Å². The molecule has 0 bridgehead atoms. The molecule has 0 radical (unpaired) electrons. The first-order valence-corrected chi connectivity index (χ1v) is 2.86. The van der Waals surface area contributed by atoms with Crippen LogP contribution >= 0.6 is 0 Å². The largest absolute Gasteiger partial charge is 0.418 e. The third-order valence-electron chi connectivity index (χ3n) is 1.26. The lowest BCUT2D eigenvalue weighted by molar-refractivity contribution is 0.545. The Morgan fingerprint density at radius 1 is 1.55 bits per heavy atom. The molecule has 0 aliphatic rings. The topological polar surface area (TPSA) is 97.8 Å². The lowest BCUT2D eigenvalue weighted by Gasteiger charge is -1.87. The van der Waals surface area contributed by atoms with Crippen molar-refractivity contribution in [1.29, 1.82) is 0 Å². The second-order valence-electron chi connectivity index (χ2n) is 1.95. The minimum atomic E-state index is -0.577. The van der Waals surface area contributed by atoms with Crippen LogP contribution in [-0.2, 0) is 0 Å². The van der Waals surface area contributed by atoms with Crippen LogP contribution in [0.1, 0.15) is 0 Å². The highest BCUT2D eigenvalue weighted by Gasteiger charge is 2.04. The van der Waals surface area contributed by atoms with Crippen LogP contribution in [0.15, 0.2) is 15.5 Å². The SMILES string of the molecule is Nc1ncnc2oc(=O)[nH]c12. The summed E-state index contributed by atoms with van der Waals surface area (Å²) in [5.41, 5.74) is 5.92. The first-order chi connectivity index (χ1) is 5.27. The van der Waals surface area contributed by atoms with Crippen molar-refractivity contribution < 1.29 is 4.42 Å². The van der Waals surface area contributed by atoms with Crippen LogP contribution < -0.4 is 11.5 Å². The van der Waals surface area contributed by atoms with Crippen LogP contribution in [0.3, 0.4) is 0 Å². The molecular formula is C5H4N4O2. The van der Waals surface area contributed by atoms with Gasteiger partial charge < -0.3 is 10.2 Å². The molecule has 2 heterocycles. The van der Waals surface area contributed by atoms with Crippen LogP contribution in [0, 0.1) is 0 Å². The van der Waals surface area contributed by atoms with Gasteiger partial charge in [-0.15, -0.1) is 0 Å². The number of nitrogens with two attached hydrogens (primary N) is 1. The highest BCUT2D eigenvalue weighted by atomic mass is 16.4. The van der Waals surface area contributed by atoms with Crippen molar-refractivity contribution in [3.05, 3.63) is 16.9 Å². The van der Waals surface area contributed by atoms with E-state index in [1.54, 1.807) is 0 Å². The van der Waals surface area contributed by atoms with E-state index in [9.17, 15) is 4.79 Å². The Balaban J connectivity index is 3.01. The number of nitrogen functional groups attached to an aromatic ring is 1. The maximum Gasteiger partial charge on any atom is 0.418 e. The van der Waals surface area contributed by atoms with Crippen molar-refractivity contribution in [2.24, 2.45) is 0 Å². The smallest absolute Gasteiger partial charge is 0.388 e. The first-order valence-electron chi connectivity index (χ1n) is 2.86. The van der Waals surface area contributed by atoms with E-state index in [4.69, 9.17) is 5.73 Å². The second-order valence-corrected chi connectivity index (χ2v) is 1.95. The van der Waals surface area contributed by atoms with E-state index in [1.807, 2.05) is 0 Å². The van der Waals surface area contributed by atoms with E-state index < -0.39 is 5.76 Å². The average molecular weight is 152 g/mol. The van der Waals surface area contributed by atoms with Crippen molar-refractivity contribution in [2.75, 3.05) is 5.73 Å². The molecule has 0 amide bonds. The Kier molecular flexibility index (Phi) is 0.974. The summed E-state index contributed by atoms with van der Waals surface area (Å²) in [7, 11) is 0. The molecular weight excluding hydrogens is 148 g/mol. The Morgan fingerprint density at radius 3 is 3.09 bits per heavy atom. The van der Waals surface area contributed by atoms with Gasteiger partial charge >= 0.3 is 5.76 Å². The number of aromatic nitrogens is 3. The van der Waals surface area contributed by atoms with E-state index in [0.29, 0.717) is 5.52 Å². The van der Waals surface area contributed by atoms with Gasteiger partial charge in [0.15, 0.2) is 11.3 Å². The van der Waals surface area contributed by atoms with Gasteiger partial charge in [0, 0.05) is 0 Å². The number of oxazole rings is 1. The third kappa shape index (κ3) is 0.759. The number of anilines is 1. The molecule has 0 aliphatic heterocycles. The van der Waals surface area contributed by atoms with Gasteiger partial charge in [0.2, 0.25) is 0 Å². The van der Waals surface area contributed by atoms with Gasteiger partial charge in [0.05, 0.1) is 0 Å². The molecule has 0 aliphatic carbocycles. The van der Waals surface area contributed by atoms with Gasteiger partial charge in [-0.3, -0.25) is 4.98 Å². The lowest BCUT2D eigenvalue weighted by Crippen LogP contribution is -1.95. The van der Waals surface area contributed by atoms with E-state index in [-0.39, 0.29) is 11.5 Å². The number of H-pyrrole nitrogens is 1. The fraction of sp³-hybridized carbons (Fsp3) is 0. The second kappa shape index (κ2) is 1.82. The quantitative estimate of drug-likeness (QED) is 0.530. The molecule has 0 fully saturated rings. The molecule has 2 aromatic heterocycles. The summed E-state index contributed by atoms with van der Waals surface area (Å²) >= 11 is 0. The third-order valence-corrected chi connectivity index (χ3v) is 1.26. The number of hydrogen-bond acceptors (Lipinski definition) is 5. The molecule has 3 N–H and O–H groups in total. The zero-order chi connectivity index (χ0) is 7.84. The van der Waals surface area contributed by atoms with Crippen molar-refractivity contribution in [3.8, 4) is 0 Å².